The molecule has 32 heavy (non-hydrogen) atoms. The van der Waals surface area contributed by atoms with Gasteiger partial charge < -0.3 is 25.4 Å². The number of halogens is 1. The Morgan fingerprint density at radius 2 is 1.97 bits per heavy atom. The van der Waals surface area contributed by atoms with Crippen LogP contribution in [0, 0.1) is 19.7 Å². The average molecular weight is 443 g/mol. The van der Waals surface area contributed by atoms with E-state index in [0.717, 1.165) is 29.9 Å². The summed E-state index contributed by atoms with van der Waals surface area (Å²) in [6.07, 6.45) is 0.976. The first kappa shape index (κ1) is 23.5. The van der Waals surface area contributed by atoms with E-state index in [1.165, 1.54) is 6.07 Å². The molecule has 0 spiro atoms. The predicted molar refractivity (Wildman–Crippen MR) is 123 cm³/mol. The number of nitrogens with one attached hydrogen (secondary N) is 3. The summed E-state index contributed by atoms with van der Waals surface area (Å²) in [6.45, 7) is 6.42. The number of hydrogen-bond donors (Lipinski definition) is 3. The second-order valence-electron chi connectivity index (χ2n) is 7.79. The van der Waals surface area contributed by atoms with E-state index in [2.05, 4.69) is 27.0 Å². The van der Waals surface area contributed by atoms with Crippen molar-refractivity contribution in [2.24, 2.45) is 4.99 Å². The Kier molecular flexibility index (Phi) is 8.44. The van der Waals surface area contributed by atoms with Crippen LogP contribution in [0.3, 0.4) is 0 Å². The average Bonchev–Trinajstić information content (AvgIpc) is 3.29. The number of amides is 1. The number of hydrogen-bond acceptors (Lipinski definition) is 4. The largest absolute Gasteiger partial charge is 0.488 e. The summed E-state index contributed by atoms with van der Waals surface area (Å²) in [5.74, 6) is 0.753. The van der Waals surface area contributed by atoms with Gasteiger partial charge in [-0.05, 0) is 43.2 Å². The summed E-state index contributed by atoms with van der Waals surface area (Å²) < 4.78 is 25.2. The van der Waals surface area contributed by atoms with Gasteiger partial charge in [0.15, 0.2) is 5.96 Å². The molecular weight excluding hydrogens is 411 g/mol. The summed E-state index contributed by atoms with van der Waals surface area (Å²) in [6, 6.07) is 10.6. The van der Waals surface area contributed by atoms with E-state index in [1.807, 2.05) is 19.1 Å². The zero-order valence-corrected chi connectivity index (χ0v) is 18.8. The summed E-state index contributed by atoms with van der Waals surface area (Å²) in [5.41, 5.74) is 2.97. The Hall–Kier alpha value is -3.13. The monoisotopic (exact) mass is 442 g/mol. The van der Waals surface area contributed by atoms with Crippen LogP contribution in [-0.2, 0) is 11.3 Å². The second-order valence-corrected chi connectivity index (χ2v) is 7.79. The highest BCUT2D eigenvalue weighted by atomic mass is 19.1. The number of aryl methyl sites for hydroxylation is 2. The third-order valence-electron chi connectivity index (χ3n) is 5.21. The quantitative estimate of drug-likeness (QED) is 0.333. The number of aliphatic imine (C=N–C) groups is 1. The van der Waals surface area contributed by atoms with Crippen LogP contribution < -0.4 is 20.7 Å². The van der Waals surface area contributed by atoms with Gasteiger partial charge in [-0.1, -0.05) is 18.2 Å². The molecule has 172 valence electrons. The highest BCUT2D eigenvalue weighted by Gasteiger charge is 2.18. The highest BCUT2D eigenvalue weighted by molar-refractivity contribution is 5.94. The minimum Gasteiger partial charge on any atom is -0.488 e. The minimum absolute atomic E-state index is 0.0820. The van der Waals surface area contributed by atoms with E-state index in [4.69, 9.17) is 9.47 Å². The molecule has 1 saturated heterocycles. The third-order valence-corrected chi connectivity index (χ3v) is 5.21. The molecule has 0 aliphatic carbocycles. The van der Waals surface area contributed by atoms with Crippen LogP contribution in [0.1, 0.15) is 33.5 Å². The molecule has 3 N–H and O–H groups in total. The molecule has 1 aliphatic heterocycles. The van der Waals surface area contributed by atoms with Crippen LogP contribution in [-0.4, -0.2) is 51.3 Å². The molecule has 0 bridgehead atoms. The summed E-state index contributed by atoms with van der Waals surface area (Å²) in [7, 11) is 1.69. The zero-order chi connectivity index (χ0) is 22.9. The Morgan fingerprint density at radius 1 is 1.16 bits per heavy atom. The van der Waals surface area contributed by atoms with E-state index < -0.39 is 0 Å². The lowest BCUT2D eigenvalue weighted by Gasteiger charge is -2.18. The molecule has 1 heterocycles. The fraction of sp³-hybridized carbons (Fsp3) is 0.417. The summed E-state index contributed by atoms with van der Waals surface area (Å²) in [5, 5.41) is 9.20. The number of nitrogens with zero attached hydrogens (tertiary/aromatic N) is 1. The van der Waals surface area contributed by atoms with Crippen molar-refractivity contribution in [3.8, 4) is 5.75 Å². The van der Waals surface area contributed by atoms with Gasteiger partial charge in [-0.15, -0.1) is 0 Å². The SMILES string of the molecule is CN=C(NCCNC(=O)c1ccc(C)c(F)c1)NCc1ccc(C)cc1OC1CCOC1. The molecule has 0 saturated carbocycles. The predicted octanol–water partition coefficient (Wildman–Crippen LogP) is 2.71. The smallest absolute Gasteiger partial charge is 0.251 e. The van der Waals surface area contributed by atoms with Crippen molar-refractivity contribution in [3.05, 3.63) is 64.5 Å². The van der Waals surface area contributed by atoms with Crippen molar-refractivity contribution in [1.82, 2.24) is 16.0 Å². The van der Waals surface area contributed by atoms with Gasteiger partial charge >= 0.3 is 0 Å². The number of rotatable bonds is 8. The maximum absolute atomic E-state index is 13.6. The van der Waals surface area contributed by atoms with Crippen LogP contribution >= 0.6 is 0 Å². The molecule has 2 aromatic carbocycles. The lowest BCUT2D eigenvalue weighted by atomic mass is 10.1. The first-order valence-corrected chi connectivity index (χ1v) is 10.8. The second kappa shape index (κ2) is 11.5. The van der Waals surface area contributed by atoms with Crippen molar-refractivity contribution in [2.75, 3.05) is 33.4 Å². The van der Waals surface area contributed by atoms with Gasteiger partial charge in [-0.3, -0.25) is 9.79 Å². The number of carbonyl (C=O) groups excluding carboxylic acids is 1. The van der Waals surface area contributed by atoms with Crippen LogP contribution in [0.15, 0.2) is 41.4 Å². The molecule has 1 fully saturated rings. The maximum atomic E-state index is 13.6. The van der Waals surface area contributed by atoms with Crippen molar-refractivity contribution >= 4 is 11.9 Å². The van der Waals surface area contributed by atoms with E-state index in [0.29, 0.717) is 43.3 Å². The lowest BCUT2D eigenvalue weighted by Crippen LogP contribution is -2.41. The van der Waals surface area contributed by atoms with Crippen molar-refractivity contribution in [2.45, 2.75) is 32.9 Å². The third kappa shape index (κ3) is 6.68. The van der Waals surface area contributed by atoms with Gasteiger partial charge in [-0.2, -0.15) is 0 Å². The van der Waals surface area contributed by atoms with Gasteiger partial charge in [0.2, 0.25) is 0 Å². The van der Waals surface area contributed by atoms with Gasteiger partial charge in [0, 0.05) is 44.2 Å². The van der Waals surface area contributed by atoms with Gasteiger partial charge in [0.05, 0.1) is 13.2 Å². The lowest BCUT2D eigenvalue weighted by molar-refractivity contribution is 0.0954. The summed E-state index contributed by atoms with van der Waals surface area (Å²) >= 11 is 0. The topological polar surface area (TPSA) is 84.0 Å². The molecule has 1 atom stereocenters. The van der Waals surface area contributed by atoms with Crippen molar-refractivity contribution in [3.63, 3.8) is 0 Å². The maximum Gasteiger partial charge on any atom is 0.251 e. The molecule has 7 nitrogen and oxygen atoms in total. The number of ether oxygens (including phenoxy) is 2. The van der Waals surface area contributed by atoms with Gasteiger partial charge in [-0.25, -0.2) is 4.39 Å². The molecule has 8 heteroatoms. The van der Waals surface area contributed by atoms with Gasteiger partial charge in [0.25, 0.3) is 5.91 Å². The van der Waals surface area contributed by atoms with E-state index >= 15 is 0 Å². The Bertz CT molecular complexity index is 958. The Morgan fingerprint density at radius 3 is 2.69 bits per heavy atom. The number of guanidine groups is 1. The molecule has 1 amide bonds. The fourth-order valence-corrected chi connectivity index (χ4v) is 3.30. The van der Waals surface area contributed by atoms with E-state index in [1.54, 1.807) is 26.1 Å². The Balaban J connectivity index is 1.46. The number of benzene rings is 2. The van der Waals surface area contributed by atoms with E-state index in [-0.39, 0.29) is 17.8 Å². The standard InChI is InChI=1S/C24H31FN4O3/c1-16-4-6-19(22(12-16)32-20-8-11-31-15-20)14-29-24(26-3)28-10-9-27-23(30)18-7-5-17(2)21(25)13-18/h4-7,12-13,20H,8-11,14-15H2,1-3H3,(H,27,30)(H2,26,28,29). The molecule has 0 radical (unpaired) electrons. The van der Waals surface area contributed by atoms with Crippen LogP contribution in [0.5, 0.6) is 5.75 Å². The van der Waals surface area contributed by atoms with Crippen LogP contribution in [0.2, 0.25) is 0 Å². The minimum atomic E-state index is -0.389. The molecular formula is C24H31FN4O3. The fourth-order valence-electron chi connectivity index (χ4n) is 3.30. The first-order valence-electron chi connectivity index (χ1n) is 10.8. The molecule has 1 unspecified atom stereocenters. The normalized spacial score (nSPS) is 16.0. The molecule has 0 aromatic heterocycles. The molecule has 1 aliphatic rings. The first-order chi connectivity index (χ1) is 15.5. The number of carbonyl (C=O) groups is 1. The summed E-state index contributed by atoms with van der Waals surface area (Å²) in [4.78, 5) is 16.4. The van der Waals surface area contributed by atoms with Crippen molar-refractivity contribution in [1.29, 1.82) is 0 Å². The van der Waals surface area contributed by atoms with Crippen LogP contribution in [0.4, 0.5) is 4.39 Å². The molecule has 2 aromatic rings. The van der Waals surface area contributed by atoms with Crippen molar-refractivity contribution < 1.29 is 18.7 Å². The zero-order valence-electron chi connectivity index (χ0n) is 18.8. The molecule has 3 rings (SSSR count). The van der Waals surface area contributed by atoms with E-state index in [9.17, 15) is 9.18 Å². The highest BCUT2D eigenvalue weighted by Crippen LogP contribution is 2.23. The van der Waals surface area contributed by atoms with Gasteiger partial charge in [0.1, 0.15) is 17.7 Å². The Labute approximate surface area is 188 Å². The van der Waals surface area contributed by atoms with Crippen LogP contribution in [0.25, 0.3) is 0 Å².